The van der Waals surface area contributed by atoms with Gasteiger partial charge < -0.3 is 5.32 Å². The smallest absolute Gasteiger partial charge is 0.243 e. The number of piperazine rings is 1. The number of hydrogen-bond donors (Lipinski definition) is 1. The summed E-state index contributed by atoms with van der Waals surface area (Å²) in [6, 6.07) is 13.0. The van der Waals surface area contributed by atoms with E-state index in [4.69, 9.17) is 0 Å². The summed E-state index contributed by atoms with van der Waals surface area (Å²) in [4.78, 5) is 14.7. The molecule has 1 fully saturated rings. The van der Waals surface area contributed by atoms with Crippen LogP contribution in [0, 0.1) is 13.8 Å². The van der Waals surface area contributed by atoms with Crippen LogP contribution in [0.3, 0.4) is 0 Å². The Hall–Kier alpha value is -2.22. The Balaban J connectivity index is 1.54. The van der Waals surface area contributed by atoms with Crippen molar-refractivity contribution in [3.05, 3.63) is 59.2 Å². The largest absolute Gasteiger partial charge is 0.325 e. The first-order valence-corrected chi connectivity index (χ1v) is 11.8. The van der Waals surface area contributed by atoms with Crippen LogP contribution in [-0.4, -0.2) is 56.3 Å². The van der Waals surface area contributed by atoms with E-state index in [1.807, 2.05) is 49.1 Å². The molecule has 2 aromatic rings. The molecule has 0 bridgehead atoms. The first kappa shape index (κ1) is 22.5. The molecule has 1 N–H and O–H groups in total. The summed E-state index contributed by atoms with van der Waals surface area (Å²) in [7, 11) is -3.51. The molecular weight excluding hydrogens is 398 g/mol. The van der Waals surface area contributed by atoms with Gasteiger partial charge in [-0.3, -0.25) is 9.69 Å². The summed E-state index contributed by atoms with van der Waals surface area (Å²) in [6.07, 6.45) is 0. The fourth-order valence-electron chi connectivity index (χ4n) is 3.52. The topological polar surface area (TPSA) is 69.7 Å². The van der Waals surface area contributed by atoms with Crippen LogP contribution in [0.2, 0.25) is 0 Å². The Bertz CT molecular complexity index is 993. The molecule has 0 aromatic heterocycles. The van der Waals surface area contributed by atoms with Crippen molar-refractivity contribution in [2.24, 2.45) is 0 Å². The molecule has 0 atom stereocenters. The zero-order chi connectivity index (χ0) is 21.9. The second-order valence-electron chi connectivity index (χ2n) is 8.25. The number of aryl methyl sites for hydroxylation is 2. The monoisotopic (exact) mass is 429 g/mol. The third-order valence-corrected chi connectivity index (χ3v) is 7.59. The molecule has 0 spiro atoms. The van der Waals surface area contributed by atoms with E-state index in [0.717, 1.165) is 16.8 Å². The van der Waals surface area contributed by atoms with Gasteiger partial charge in [-0.05, 0) is 60.7 Å². The van der Waals surface area contributed by atoms with Gasteiger partial charge in [-0.1, -0.05) is 32.0 Å². The van der Waals surface area contributed by atoms with Gasteiger partial charge in [0.05, 0.1) is 11.4 Å². The third kappa shape index (κ3) is 5.28. The molecule has 0 radical (unpaired) electrons. The normalized spacial score (nSPS) is 16.0. The quantitative estimate of drug-likeness (QED) is 0.764. The van der Waals surface area contributed by atoms with E-state index in [0.29, 0.717) is 37.0 Å². The van der Waals surface area contributed by atoms with Crippen LogP contribution >= 0.6 is 0 Å². The zero-order valence-electron chi connectivity index (χ0n) is 18.2. The minimum Gasteiger partial charge on any atom is -0.325 e. The Morgan fingerprint density at radius 3 is 2.17 bits per heavy atom. The van der Waals surface area contributed by atoms with Crippen molar-refractivity contribution < 1.29 is 13.2 Å². The number of hydrogen-bond acceptors (Lipinski definition) is 4. The number of anilines is 1. The molecule has 162 valence electrons. The lowest BCUT2D eigenvalue weighted by Crippen LogP contribution is -2.50. The van der Waals surface area contributed by atoms with Crippen LogP contribution in [0.4, 0.5) is 5.69 Å². The summed E-state index contributed by atoms with van der Waals surface area (Å²) in [6.45, 7) is 10.3. The van der Waals surface area contributed by atoms with Gasteiger partial charge in [0.15, 0.2) is 0 Å². The van der Waals surface area contributed by atoms with Crippen LogP contribution in [0.5, 0.6) is 0 Å². The highest BCUT2D eigenvalue weighted by atomic mass is 32.2. The average molecular weight is 430 g/mol. The van der Waals surface area contributed by atoms with E-state index < -0.39 is 10.0 Å². The van der Waals surface area contributed by atoms with Crippen LogP contribution in [-0.2, 0) is 14.8 Å². The SMILES string of the molecule is Cc1ccc(NC(=O)CN2CCN(S(=O)(=O)c3ccc(C(C)C)cc3)CC2)cc1C. The van der Waals surface area contributed by atoms with Crippen molar-refractivity contribution in [1.29, 1.82) is 0 Å². The number of rotatable bonds is 6. The number of sulfonamides is 1. The van der Waals surface area contributed by atoms with Gasteiger partial charge in [0.2, 0.25) is 15.9 Å². The van der Waals surface area contributed by atoms with Gasteiger partial charge in [-0.15, -0.1) is 0 Å². The van der Waals surface area contributed by atoms with Crippen molar-refractivity contribution in [3.63, 3.8) is 0 Å². The van der Waals surface area contributed by atoms with Crippen LogP contribution in [0.15, 0.2) is 47.4 Å². The second kappa shape index (κ2) is 9.29. The lowest BCUT2D eigenvalue weighted by molar-refractivity contribution is -0.117. The minimum absolute atomic E-state index is 0.0844. The van der Waals surface area contributed by atoms with E-state index in [-0.39, 0.29) is 12.5 Å². The Labute approximate surface area is 179 Å². The van der Waals surface area contributed by atoms with Crippen molar-refractivity contribution in [2.75, 3.05) is 38.0 Å². The molecule has 0 saturated carbocycles. The maximum absolute atomic E-state index is 12.9. The van der Waals surface area contributed by atoms with Gasteiger partial charge in [-0.25, -0.2) is 8.42 Å². The molecule has 6 nitrogen and oxygen atoms in total. The number of amides is 1. The Morgan fingerprint density at radius 1 is 0.967 bits per heavy atom. The molecule has 1 amide bonds. The summed E-state index contributed by atoms with van der Waals surface area (Å²) >= 11 is 0. The number of benzene rings is 2. The summed E-state index contributed by atoms with van der Waals surface area (Å²) in [5.41, 5.74) is 4.22. The highest BCUT2D eigenvalue weighted by Gasteiger charge is 2.29. The van der Waals surface area contributed by atoms with Gasteiger partial charge >= 0.3 is 0 Å². The van der Waals surface area contributed by atoms with Crippen molar-refractivity contribution >= 4 is 21.6 Å². The molecule has 1 aliphatic heterocycles. The molecular formula is C23H31N3O3S. The average Bonchev–Trinajstić information content (AvgIpc) is 2.71. The van der Waals surface area contributed by atoms with E-state index in [2.05, 4.69) is 19.2 Å². The summed E-state index contributed by atoms with van der Waals surface area (Å²) in [5, 5.41) is 2.93. The standard InChI is InChI=1S/C23H31N3O3S/c1-17(2)20-6-9-22(10-7-20)30(28,29)26-13-11-25(12-14-26)16-23(27)24-21-8-5-18(3)19(4)15-21/h5-10,15,17H,11-14,16H2,1-4H3,(H,24,27). The van der Waals surface area contributed by atoms with Crippen LogP contribution < -0.4 is 5.32 Å². The number of nitrogens with one attached hydrogen (secondary N) is 1. The highest BCUT2D eigenvalue weighted by Crippen LogP contribution is 2.21. The molecule has 0 aliphatic carbocycles. The van der Waals surface area contributed by atoms with Gasteiger partial charge in [-0.2, -0.15) is 4.31 Å². The first-order valence-electron chi connectivity index (χ1n) is 10.4. The zero-order valence-corrected chi connectivity index (χ0v) is 19.0. The lowest BCUT2D eigenvalue weighted by atomic mass is 10.0. The minimum atomic E-state index is -3.51. The number of carbonyl (C=O) groups is 1. The number of carbonyl (C=O) groups excluding carboxylic acids is 1. The second-order valence-corrected chi connectivity index (χ2v) is 10.2. The summed E-state index contributed by atoms with van der Waals surface area (Å²) < 4.78 is 27.4. The highest BCUT2D eigenvalue weighted by molar-refractivity contribution is 7.89. The summed E-state index contributed by atoms with van der Waals surface area (Å²) in [5.74, 6) is 0.277. The Kier molecular flexibility index (Phi) is 6.95. The molecule has 2 aromatic carbocycles. The van der Waals surface area contributed by atoms with Crippen molar-refractivity contribution in [3.8, 4) is 0 Å². The predicted molar refractivity (Wildman–Crippen MR) is 120 cm³/mol. The Morgan fingerprint density at radius 2 is 1.60 bits per heavy atom. The van der Waals surface area contributed by atoms with Gasteiger partial charge in [0.25, 0.3) is 0 Å². The molecule has 1 heterocycles. The fraction of sp³-hybridized carbons (Fsp3) is 0.435. The first-order chi connectivity index (χ1) is 14.2. The third-order valence-electron chi connectivity index (χ3n) is 5.67. The van der Waals surface area contributed by atoms with Gasteiger partial charge in [0, 0.05) is 31.9 Å². The van der Waals surface area contributed by atoms with E-state index >= 15 is 0 Å². The molecule has 1 saturated heterocycles. The molecule has 30 heavy (non-hydrogen) atoms. The molecule has 1 aliphatic rings. The maximum Gasteiger partial charge on any atom is 0.243 e. The van der Waals surface area contributed by atoms with Crippen molar-refractivity contribution in [2.45, 2.75) is 38.5 Å². The van der Waals surface area contributed by atoms with Gasteiger partial charge in [0.1, 0.15) is 0 Å². The maximum atomic E-state index is 12.9. The fourth-order valence-corrected chi connectivity index (χ4v) is 4.95. The predicted octanol–water partition coefficient (Wildman–Crippen LogP) is 3.37. The lowest BCUT2D eigenvalue weighted by Gasteiger charge is -2.33. The molecule has 3 rings (SSSR count). The van der Waals surface area contributed by atoms with Crippen LogP contribution in [0.25, 0.3) is 0 Å². The van der Waals surface area contributed by atoms with E-state index in [1.165, 1.54) is 9.87 Å². The van der Waals surface area contributed by atoms with E-state index in [1.54, 1.807) is 12.1 Å². The van der Waals surface area contributed by atoms with Crippen LogP contribution in [0.1, 0.15) is 36.5 Å². The van der Waals surface area contributed by atoms with E-state index in [9.17, 15) is 13.2 Å². The molecule has 0 unspecified atom stereocenters. The molecule has 7 heteroatoms. The van der Waals surface area contributed by atoms with Crippen molar-refractivity contribution in [1.82, 2.24) is 9.21 Å². The number of nitrogens with zero attached hydrogens (tertiary/aromatic N) is 2.